The van der Waals surface area contributed by atoms with Crippen LogP contribution in [-0.2, 0) is 0 Å². The molecule has 2 aromatic rings. The number of rotatable bonds is 3. The van der Waals surface area contributed by atoms with Gasteiger partial charge in [-0.3, -0.25) is 8.77 Å². The second-order valence-electron chi connectivity index (χ2n) is 3.67. The number of thiocarbonyl (C=S) groups is 1. The van der Waals surface area contributed by atoms with Gasteiger partial charge < -0.3 is 5.32 Å². The van der Waals surface area contributed by atoms with Gasteiger partial charge in [0.25, 0.3) is 0 Å². The zero-order valence-electron chi connectivity index (χ0n) is 9.43. The molecule has 0 aliphatic rings. The van der Waals surface area contributed by atoms with Gasteiger partial charge in [0, 0.05) is 11.8 Å². The van der Waals surface area contributed by atoms with Crippen LogP contribution in [0, 0.1) is 11.6 Å². The highest BCUT2D eigenvalue weighted by molar-refractivity contribution is 7.81. The van der Waals surface area contributed by atoms with E-state index in [1.54, 1.807) is 0 Å². The topological polar surface area (TPSA) is 34.0 Å². The summed E-state index contributed by atoms with van der Waals surface area (Å²) in [5.74, 6) is -1.97. The highest BCUT2D eigenvalue weighted by Gasteiger charge is 2.12. The average Bonchev–Trinajstić information content (AvgIpc) is 2.76. The first-order chi connectivity index (χ1) is 9.02. The first kappa shape index (κ1) is 13.7. The molecule has 0 unspecified atom stereocenters. The molecule has 0 amide bonds. The maximum atomic E-state index is 13.5. The minimum Gasteiger partial charge on any atom is -0.344 e. The smallest absolute Gasteiger partial charge is 0.182 e. The lowest BCUT2D eigenvalue weighted by molar-refractivity contribution is 0.111. The van der Waals surface area contributed by atoms with Crippen LogP contribution >= 0.6 is 25.0 Å². The van der Waals surface area contributed by atoms with Gasteiger partial charge in [0.1, 0.15) is 4.99 Å². The maximum absolute atomic E-state index is 13.5. The van der Waals surface area contributed by atoms with Gasteiger partial charge in [-0.1, -0.05) is 31.1 Å². The van der Waals surface area contributed by atoms with Crippen molar-refractivity contribution in [2.45, 2.75) is 0 Å². The van der Waals surface area contributed by atoms with Crippen molar-refractivity contribution in [2.75, 3.05) is 5.32 Å². The Labute approximate surface area is 118 Å². The molecule has 0 atom stereocenters. The molecular formula is C12H8F2N2OS2. The molecule has 1 N–H and O–H groups in total. The Bertz CT molecular complexity index is 655. The number of benzene rings is 1. The SMILES string of the molecule is O=Cc1cc(C(=S)Nc2cccc(F)c2F)cn1S. The molecule has 0 spiro atoms. The lowest BCUT2D eigenvalue weighted by atomic mass is 10.2. The van der Waals surface area contributed by atoms with Gasteiger partial charge >= 0.3 is 0 Å². The highest BCUT2D eigenvalue weighted by atomic mass is 32.1. The molecule has 0 radical (unpaired) electrons. The Morgan fingerprint density at radius 3 is 2.79 bits per heavy atom. The van der Waals surface area contributed by atoms with Crippen molar-refractivity contribution >= 4 is 42.0 Å². The van der Waals surface area contributed by atoms with Gasteiger partial charge in [-0.15, -0.1) is 0 Å². The quantitative estimate of drug-likeness (QED) is 0.519. The summed E-state index contributed by atoms with van der Waals surface area (Å²) in [6.07, 6.45) is 2.11. The lowest BCUT2D eigenvalue weighted by Gasteiger charge is -2.07. The largest absolute Gasteiger partial charge is 0.344 e. The summed E-state index contributed by atoms with van der Waals surface area (Å²) in [6, 6.07) is 5.23. The number of hydrogen-bond acceptors (Lipinski definition) is 3. The molecule has 98 valence electrons. The minimum absolute atomic E-state index is 0.0652. The number of hydrogen-bond donors (Lipinski definition) is 2. The number of anilines is 1. The third kappa shape index (κ3) is 2.82. The second-order valence-corrected chi connectivity index (χ2v) is 4.51. The van der Waals surface area contributed by atoms with E-state index in [2.05, 4.69) is 18.1 Å². The number of aldehydes is 1. The monoisotopic (exact) mass is 298 g/mol. The standard InChI is InChI=1S/C12H8F2N2OS2/c13-9-2-1-3-10(11(9)14)15-12(18)7-4-8(6-17)16(19)5-7/h1-6,19H,(H,15,18). The first-order valence-corrected chi connectivity index (χ1v) is 5.96. The van der Waals surface area contributed by atoms with Crippen molar-refractivity contribution in [3.8, 4) is 0 Å². The van der Waals surface area contributed by atoms with Crippen LogP contribution in [0.4, 0.5) is 14.5 Å². The van der Waals surface area contributed by atoms with E-state index >= 15 is 0 Å². The van der Waals surface area contributed by atoms with E-state index in [0.29, 0.717) is 17.5 Å². The number of thiol groups is 1. The van der Waals surface area contributed by atoms with E-state index in [1.165, 1.54) is 28.4 Å². The van der Waals surface area contributed by atoms with Gasteiger partial charge in [-0.2, -0.15) is 0 Å². The molecule has 7 heteroatoms. The predicted octanol–water partition coefficient (Wildman–Crippen LogP) is 3.06. The van der Waals surface area contributed by atoms with Gasteiger partial charge in [0.15, 0.2) is 17.9 Å². The number of aromatic nitrogens is 1. The molecule has 2 rings (SSSR count). The normalized spacial score (nSPS) is 10.3. The van der Waals surface area contributed by atoms with Crippen LogP contribution in [0.15, 0.2) is 30.5 Å². The number of carbonyl (C=O) groups is 1. The highest BCUT2D eigenvalue weighted by Crippen LogP contribution is 2.18. The number of carbonyl (C=O) groups excluding carboxylic acids is 1. The molecule has 19 heavy (non-hydrogen) atoms. The van der Waals surface area contributed by atoms with Gasteiger partial charge in [0.2, 0.25) is 0 Å². The van der Waals surface area contributed by atoms with E-state index < -0.39 is 11.6 Å². The predicted molar refractivity (Wildman–Crippen MR) is 75.9 cm³/mol. The van der Waals surface area contributed by atoms with Gasteiger partial charge in [-0.05, 0) is 18.2 Å². The van der Waals surface area contributed by atoms with E-state index in [9.17, 15) is 13.6 Å². The molecule has 0 aliphatic heterocycles. The molecule has 0 saturated heterocycles. The van der Waals surface area contributed by atoms with Crippen molar-refractivity contribution in [2.24, 2.45) is 0 Å². The van der Waals surface area contributed by atoms with Gasteiger partial charge in [0.05, 0.1) is 11.4 Å². The van der Waals surface area contributed by atoms with Gasteiger partial charge in [-0.25, -0.2) is 8.78 Å². The summed E-state index contributed by atoms with van der Waals surface area (Å²) in [7, 11) is 0. The zero-order chi connectivity index (χ0) is 14.0. The van der Waals surface area contributed by atoms with Crippen molar-refractivity contribution in [3.63, 3.8) is 0 Å². The van der Waals surface area contributed by atoms with Crippen LogP contribution < -0.4 is 5.32 Å². The molecule has 1 heterocycles. The molecular weight excluding hydrogens is 290 g/mol. The Balaban J connectivity index is 2.25. The lowest BCUT2D eigenvalue weighted by Crippen LogP contribution is -2.11. The van der Waals surface area contributed by atoms with Crippen molar-refractivity contribution in [1.82, 2.24) is 3.97 Å². The Kier molecular flexibility index (Phi) is 3.96. The fourth-order valence-electron chi connectivity index (χ4n) is 1.48. The van der Waals surface area contributed by atoms with Crippen molar-refractivity contribution < 1.29 is 13.6 Å². The van der Waals surface area contributed by atoms with E-state index in [1.807, 2.05) is 0 Å². The third-order valence-corrected chi connectivity index (χ3v) is 3.10. The molecule has 3 nitrogen and oxygen atoms in total. The van der Waals surface area contributed by atoms with Crippen LogP contribution in [0.25, 0.3) is 0 Å². The maximum Gasteiger partial charge on any atom is 0.182 e. The summed E-state index contributed by atoms with van der Waals surface area (Å²) < 4.78 is 27.8. The van der Waals surface area contributed by atoms with Crippen molar-refractivity contribution in [3.05, 3.63) is 53.4 Å². The van der Waals surface area contributed by atoms with Crippen LogP contribution in [0.2, 0.25) is 0 Å². The van der Waals surface area contributed by atoms with E-state index in [0.717, 1.165) is 6.07 Å². The summed E-state index contributed by atoms with van der Waals surface area (Å²) in [6.45, 7) is 0. The molecule has 0 aliphatic carbocycles. The molecule has 0 bridgehead atoms. The summed E-state index contributed by atoms with van der Waals surface area (Å²) in [5, 5.41) is 2.59. The Morgan fingerprint density at radius 2 is 2.16 bits per heavy atom. The number of nitrogens with zero attached hydrogens (tertiary/aromatic N) is 1. The summed E-state index contributed by atoms with van der Waals surface area (Å²) >= 11 is 9.08. The molecule has 1 aromatic carbocycles. The van der Waals surface area contributed by atoms with Crippen LogP contribution in [0.5, 0.6) is 0 Å². The summed E-state index contributed by atoms with van der Waals surface area (Å²) in [5.41, 5.74) is 0.725. The number of halogens is 2. The average molecular weight is 298 g/mol. The fourth-order valence-corrected chi connectivity index (χ4v) is 1.93. The Morgan fingerprint density at radius 1 is 1.42 bits per heavy atom. The first-order valence-electron chi connectivity index (χ1n) is 5.15. The zero-order valence-corrected chi connectivity index (χ0v) is 11.1. The van der Waals surface area contributed by atoms with Crippen LogP contribution in [-0.4, -0.2) is 15.2 Å². The Hall–Kier alpha value is -1.73. The molecule has 1 aromatic heterocycles. The molecule has 0 fully saturated rings. The van der Waals surface area contributed by atoms with Crippen LogP contribution in [0.3, 0.4) is 0 Å². The summed E-state index contributed by atoms with van der Waals surface area (Å²) in [4.78, 5) is 10.8. The number of nitrogens with one attached hydrogen (secondary N) is 1. The third-order valence-electron chi connectivity index (χ3n) is 2.41. The van der Waals surface area contributed by atoms with Crippen LogP contribution in [0.1, 0.15) is 16.1 Å². The second kappa shape index (κ2) is 5.50. The van der Waals surface area contributed by atoms with E-state index in [4.69, 9.17) is 12.2 Å². The molecule has 0 saturated carbocycles. The fraction of sp³-hybridized carbons (Fsp3) is 0. The minimum atomic E-state index is -1.01. The van der Waals surface area contributed by atoms with Crippen molar-refractivity contribution in [1.29, 1.82) is 0 Å². The van der Waals surface area contributed by atoms with E-state index in [-0.39, 0.29) is 10.7 Å².